The molecule has 2 aliphatic heterocycles. The van der Waals surface area contributed by atoms with Crippen LogP contribution in [0.4, 0.5) is 0 Å². The summed E-state index contributed by atoms with van der Waals surface area (Å²) in [7, 11) is 0. The molecule has 3 heterocycles. The summed E-state index contributed by atoms with van der Waals surface area (Å²) < 4.78 is 5.76. The van der Waals surface area contributed by atoms with Crippen LogP contribution in [0.5, 0.6) is 0 Å². The number of nitrogens with one attached hydrogen (secondary N) is 2. The molecular formula is C15H16N2O2. The average molecular weight is 256 g/mol. The SMILES string of the molecule is O=C(NC1CC2CCC1O2)c1ccc2[nH]ccc2c1. The van der Waals surface area contributed by atoms with Gasteiger partial charge >= 0.3 is 0 Å². The lowest BCUT2D eigenvalue weighted by Gasteiger charge is -2.20. The van der Waals surface area contributed by atoms with E-state index in [-0.39, 0.29) is 18.1 Å². The molecule has 19 heavy (non-hydrogen) atoms. The highest BCUT2D eigenvalue weighted by Crippen LogP contribution is 2.34. The number of fused-ring (bicyclic) bond motifs is 3. The Morgan fingerprint density at radius 2 is 2.26 bits per heavy atom. The standard InChI is InChI=1S/C15H16N2O2/c18-15(17-13-8-11-2-4-14(13)19-11)10-1-3-12-9(7-10)5-6-16-12/h1,3,5-7,11,13-14,16H,2,4,8H2,(H,17,18). The molecule has 0 saturated carbocycles. The van der Waals surface area contributed by atoms with E-state index in [4.69, 9.17) is 4.74 Å². The lowest BCUT2D eigenvalue weighted by Crippen LogP contribution is -2.41. The number of amides is 1. The van der Waals surface area contributed by atoms with E-state index in [0.29, 0.717) is 6.10 Å². The first-order valence-electron chi connectivity index (χ1n) is 6.83. The van der Waals surface area contributed by atoms with Crippen LogP contribution in [0.3, 0.4) is 0 Å². The minimum Gasteiger partial charge on any atom is -0.373 e. The molecule has 4 rings (SSSR count). The van der Waals surface area contributed by atoms with Crippen LogP contribution < -0.4 is 5.32 Å². The molecule has 98 valence electrons. The maximum atomic E-state index is 12.3. The number of carbonyl (C=O) groups is 1. The third kappa shape index (κ3) is 1.83. The number of carbonyl (C=O) groups excluding carboxylic acids is 1. The molecule has 2 aliphatic rings. The summed E-state index contributed by atoms with van der Waals surface area (Å²) in [5.74, 6) is 0.00394. The number of ether oxygens (including phenoxy) is 1. The van der Waals surface area contributed by atoms with E-state index in [2.05, 4.69) is 10.3 Å². The monoisotopic (exact) mass is 256 g/mol. The second-order valence-corrected chi connectivity index (χ2v) is 5.47. The minimum atomic E-state index is 0.00394. The second-order valence-electron chi connectivity index (χ2n) is 5.47. The van der Waals surface area contributed by atoms with Gasteiger partial charge in [0.2, 0.25) is 0 Å². The molecule has 3 atom stereocenters. The number of H-pyrrole nitrogens is 1. The summed E-state index contributed by atoms with van der Waals surface area (Å²) >= 11 is 0. The molecule has 3 unspecified atom stereocenters. The fraction of sp³-hybridized carbons (Fsp3) is 0.400. The van der Waals surface area contributed by atoms with Crippen LogP contribution in [-0.2, 0) is 4.74 Å². The summed E-state index contributed by atoms with van der Waals surface area (Å²) in [6, 6.07) is 7.90. The highest BCUT2D eigenvalue weighted by atomic mass is 16.5. The molecule has 2 fully saturated rings. The van der Waals surface area contributed by atoms with Crippen molar-refractivity contribution in [2.75, 3.05) is 0 Å². The molecule has 2 bridgehead atoms. The van der Waals surface area contributed by atoms with Crippen molar-refractivity contribution in [2.24, 2.45) is 0 Å². The number of benzene rings is 1. The van der Waals surface area contributed by atoms with E-state index in [1.54, 1.807) is 0 Å². The van der Waals surface area contributed by atoms with E-state index >= 15 is 0 Å². The third-order valence-corrected chi connectivity index (χ3v) is 4.24. The topological polar surface area (TPSA) is 54.1 Å². The predicted molar refractivity (Wildman–Crippen MR) is 72.1 cm³/mol. The number of aromatic amines is 1. The molecule has 0 aliphatic carbocycles. The lowest BCUT2D eigenvalue weighted by molar-refractivity contribution is 0.0841. The zero-order valence-corrected chi connectivity index (χ0v) is 10.6. The first-order valence-corrected chi connectivity index (χ1v) is 6.83. The van der Waals surface area contributed by atoms with Crippen molar-refractivity contribution in [3.63, 3.8) is 0 Å². The first kappa shape index (κ1) is 11.1. The van der Waals surface area contributed by atoms with Crippen molar-refractivity contribution in [1.29, 1.82) is 0 Å². The average Bonchev–Trinajstić information content (AvgIpc) is 3.13. The van der Waals surface area contributed by atoms with Gasteiger partial charge in [0.25, 0.3) is 5.91 Å². The fourth-order valence-corrected chi connectivity index (χ4v) is 3.24. The number of rotatable bonds is 2. The quantitative estimate of drug-likeness (QED) is 0.865. The van der Waals surface area contributed by atoms with Gasteiger partial charge in [0.1, 0.15) is 0 Å². The van der Waals surface area contributed by atoms with Gasteiger partial charge in [-0.2, -0.15) is 0 Å². The van der Waals surface area contributed by atoms with Gasteiger partial charge in [-0.05, 0) is 43.5 Å². The van der Waals surface area contributed by atoms with Gasteiger partial charge in [-0.3, -0.25) is 4.79 Å². The van der Waals surface area contributed by atoms with E-state index < -0.39 is 0 Å². The zero-order chi connectivity index (χ0) is 12.8. The number of hydrogen-bond donors (Lipinski definition) is 2. The molecule has 1 aromatic heterocycles. The van der Waals surface area contributed by atoms with Gasteiger partial charge in [-0.25, -0.2) is 0 Å². The van der Waals surface area contributed by atoms with Gasteiger partial charge in [0, 0.05) is 22.7 Å². The highest BCUT2D eigenvalue weighted by Gasteiger charge is 2.41. The minimum absolute atomic E-state index is 0.00394. The largest absolute Gasteiger partial charge is 0.373 e. The Morgan fingerprint density at radius 1 is 1.32 bits per heavy atom. The molecule has 1 amide bonds. The van der Waals surface area contributed by atoms with Crippen LogP contribution >= 0.6 is 0 Å². The van der Waals surface area contributed by atoms with Gasteiger partial charge in [0.15, 0.2) is 0 Å². The molecule has 2 N–H and O–H groups in total. The summed E-state index contributed by atoms with van der Waals surface area (Å²) in [6.07, 6.45) is 5.66. The van der Waals surface area contributed by atoms with Crippen LogP contribution in [-0.4, -0.2) is 29.1 Å². The lowest BCUT2D eigenvalue weighted by atomic mass is 9.95. The maximum absolute atomic E-state index is 12.3. The van der Waals surface area contributed by atoms with E-state index in [0.717, 1.165) is 35.7 Å². The van der Waals surface area contributed by atoms with Crippen LogP contribution in [0.1, 0.15) is 29.6 Å². The summed E-state index contributed by atoms with van der Waals surface area (Å²) in [4.78, 5) is 15.4. The third-order valence-electron chi connectivity index (χ3n) is 4.24. The van der Waals surface area contributed by atoms with Gasteiger partial charge in [-0.1, -0.05) is 0 Å². The van der Waals surface area contributed by atoms with Crippen molar-refractivity contribution in [3.05, 3.63) is 36.0 Å². The van der Waals surface area contributed by atoms with Crippen LogP contribution in [0.15, 0.2) is 30.5 Å². The Bertz CT molecular complexity index is 634. The van der Waals surface area contributed by atoms with Crippen LogP contribution in [0.2, 0.25) is 0 Å². The molecular weight excluding hydrogens is 240 g/mol. The van der Waals surface area contributed by atoms with Crippen molar-refractivity contribution >= 4 is 16.8 Å². The molecule has 2 aromatic rings. The predicted octanol–water partition coefficient (Wildman–Crippen LogP) is 2.22. The Morgan fingerprint density at radius 3 is 3.05 bits per heavy atom. The Kier molecular flexibility index (Phi) is 2.38. The first-order chi connectivity index (χ1) is 9.29. The Labute approximate surface area is 111 Å². The zero-order valence-electron chi connectivity index (χ0n) is 10.6. The van der Waals surface area contributed by atoms with Gasteiger partial charge < -0.3 is 15.0 Å². The number of hydrogen-bond acceptors (Lipinski definition) is 2. The summed E-state index contributed by atoms with van der Waals surface area (Å²) in [5, 5.41) is 4.18. The Balaban J connectivity index is 1.53. The number of aromatic nitrogens is 1. The molecule has 4 heteroatoms. The Hall–Kier alpha value is -1.81. The molecule has 1 aromatic carbocycles. The van der Waals surface area contributed by atoms with E-state index in [9.17, 15) is 4.79 Å². The molecule has 4 nitrogen and oxygen atoms in total. The molecule has 0 radical (unpaired) electrons. The van der Waals surface area contributed by atoms with Crippen molar-refractivity contribution in [2.45, 2.75) is 37.5 Å². The van der Waals surface area contributed by atoms with Crippen LogP contribution in [0, 0.1) is 0 Å². The van der Waals surface area contributed by atoms with E-state index in [1.165, 1.54) is 0 Å². The van der Waals surface area contributed by atoms with Gasteiger partial charge in [0.05, 0.1) is 18.2 Å². The van der Waals surface area contributed by atoms with Gasteiger partial charge in [-0.15, -0.1) is 0 Å². The molecule has 2 saturated heterocycles. The smallest absolute Gasteiger partial charge is 0.251 e. The summed E-state index contributed by atoms with van der Waals surface area (Å²) in [5.41, 5.74) is 1.77. The molecule has 0 spiro atoms. The van der Waals surface area contributed by atoms with Crippen molar-refractivity contribution in [3.8, 4) is 0 Å². The fourth-order valence-electron chi connectivity index (χ4n) is 3.24. The van der Waals surface area contributed by atoms with Crippen molar-refractivity contribution in [1.82, 2.24) is 10.3 Å². The van der Waals surface area contributed by atoms with Crippen LogP contribution in [0.25, 0.3) is 10.9 Å². The highest BCUT2D eigenvalue weighted by molar-refractivity contribution is 5.98. The maximum Gasteiger partial charge on any atom is 0.251 e. The second kappa shape index (κ2) is 4.10. The normalized spacial score (nSPS) is 28.9. The van der Waals surface area contributed by atoms with E-state index in [1.807, 2.05) is 30.5 Å². The van der Waals surface area contributed by atoms with Crippen molar-refractivity contribution < 1.29 is 9.53 Å². The summed E-state index contributed by atoms with van der Waals surface area (Å²) in [6.45, 7) is 0.